The fraction of sp³-hybridized carbons (Fsp3) is 0.375. The molecule has 0 atom stereocenters. The first kappa shape index (κ1) is 16.0. The fourth-order valence-corrected chi connectivity index (χ4v) is 1.63. The second-order valence-electron chi connectivity index (χ2n) is 4.17. The lowest BCUT2D eigenvalue weighted by molar-refractivity contribution is -0.144. The molecule has 0 aliphatic carbocycles. The number of benzene rings is 1. The fourth-order valence-electron chi connectivity index (χ4n) is 1.63. The van der Waals surface area contributed by atoms with E-state index in [1.54, 1.807) is 6.92 Å². The van der Waals surface area contributed by atoms with E-state index in [2.05, 4.69) is 0 Å². The highest BCUT2D eigenvalue weighted by Gasteiger charge is 2.09. The summed E-state index contributed by atoms with van der Waals surface area (Å²) >= 11 is 0. The van der Waals surface area contributed by atoms with E-state index in [1.807, 2.05) is 43.3 Å². The van der Waals surface area contributed by atoms with Crippen LogP contribution in [-0.4, -0.2) is 25.0 Å². The SMILES string of the molecule is C/C=C/c1ccccc1OCC(=O)CCC(=O)OCC. The molecule has 1 aromatic carbocycles. The molecule has 0 aliphatic rings. The molecule has 0 saturated carbocycles. The molecule has 0 aromatic heterocycles. The normalized spacial score (nSPS) is 10.5. The zero-order chi connectivity index (χ0) is 14.8. The molecule has 0 fully saturated rings. The number of hydrogen-bond donors (Lipinski definition) is 0. The number of allylic oxidation sites excluding steroid dienone is 1. The number of carbonyl (C=O) groups is 2. The quantitative estimate of drug-likeness (QED) is 0.685. The Morgan fingerprint density at radius 3 is 2.65 bits per heavy atom. The van der Waals surface area contributed by atoms with Gasteiger partial charge in [0.25, 0.3) is 0 Å². The van der Waals surface area contributed by atoms with Crippen molar-refractivity contribution in [3.05, 3.63) is 35.9 Å². The summed E-state index contributed by atoms with van der Waals surface area (Å²) in [5.74, 6) is 0.193. The Kier molecular flexibility index (Phi) is 7.11. The maximum Gasteiger partial charge on any atom is 0.306 e. The van der Waals surface area contributed by atoms with Crippen LogP contribution in [0.3, 0.4) is 0 Å². The topological polar surface area (TPSA) is 52.6 Å². The molecule has 1 rings (SSSR count). The van der Waals surface area contributed by atoms with Gasteiger partial charge in [0.1, 0.15) is 12.4 Å². The first-order valence-electron chi connectivity index (χ1n) is 6.69. The molecule has 4 heteroatoms. The highest BCUT2D eigenvalue weighted by Crippen LogP contribution is 2.19. The van der Waals surface area contributed by atoms with E-state index in [-0.39, 0.29) is 31.2 Å². The van der Waals surface area contributed by atoms with Crippen LogP contribution >= 0.6 is 0 Å². The van der Waals surface area contributed by atoms with Crippen molar-refractivity contribution in [2.24, 2.45) is 0 Å². The summed E-state index contributed by atoms with van der Waals surface area (Å²) in [6, 6.07) is 7.49. The van der Waals surface area contributed by atoms with Gasteiger partial charge in [-0.3, -0.25) is 9.59 Å². The van der Waals surface area contributed by atoms with Crippen molar-refractivity contribution >= 4 is 17.8 Å². The van der Waals surface area contributed by atoms with E-state index in [0.717, 1.165) is 5.56 Å². The van der Waals surface area contributed by atoms with E-state index in [4.69, 9.17) is 9.47 Å². The lowest BCUT2D eigenvalue weighted by Crippen LogP contribution is -2.14. The Balaban J connectivity index is 2.43. The molecule has 0 aliphatic heterocycles. The van der Waals surface area contributed by atoms with Crippen molar-refractivity contribution in [1.29, 1.82) is 0 Å². The molecule has 108 valence electrons. The Bertz CT molecular complexity index is 477. The van der Waals surface area contributed by atoms with Gasteiger partial charge >= 0.3 is 5.97 Å². The first-order valence-corrected chi connectivity index (χ1v) is 6.69. The minimum atomic E-state index is -0.352. The summed E-state index contributed by atoms with van der Waals surface area (Å²) in [6.07, 6.45) is 4.07. The molecule has 0 bridgehead atoms. The second-order valence-corrected chi connectivity index (χ2v) is 4.17. The van der Waals surface area contributed by atoms with Gasteiger partial charge in [0.2, 0.25) is 0 Å². The number of esters is 1. The van der Waals surface area contributed by atoms with E-state index < -0.39 is 0 Å². The van der Waals surface area contributed by atoms with Crippen LogP contribution < -0.4 is 4.74 Å². The van der Waals surface area contributed by atoms with Gasteiger partial charge in [-0.2, -0.15) is 0 Å². The summed E-state index contributed by atoms with van der Waals surface area (Å²) in [5.41, 5.74) is 0.924. The van der Waals surface area contributed by atoms with Crippen molar-refractivity contribution < 1.29 is 19.1 Å². The highest BCUT2D eigenvalue weighted by atomic mass is 16.5. The zero-order valence-corrected chi connectivity index (χ0v) is 11.9. The predicted molar refractivity (Wildman–Crippen MR) is 77.5 cm³/mol. The molecule has 0 heterocycles. The van der Waals surface area contributed by atoms with E-state index in [1.165, 1.54) is 0 Å². The molecule has 0 saturated heterocycles. The summed E-state index contributed by atoms with van der Waals surface area (Å²) < 4.78 is 10.3. The van der Waals surface area contributed by atoms with Gasteiger partial charge in [-0.1, -0.05) is 30.4 Å². The monoisotopic (exact) mass is 276 g/mol. The summed E-state index contributed by atoms with van der Waals surface area (Å²) in [5, 5.41) is 0. The maximum atomic E-state index is 11.6. The summed E-state index contributed by atoms with van der Waals surface area (Å²) in [4.78, 5) is 22.8. The third-order valence-electron chi connectivity index (χ3n) is 2.57. The first-order chi connectivity index (χ1) is 9.67. The van der Waals surface area contributed by atoms with Crippen molar-refractivity contribution in [3.8, 4) is 5.75 Å². The van der Waals surface area contributed by atoms with Crippen LogP contribution in [0.4, 0.5) is 0 Å². The number of ketones is 1. The largest absolute Gasteiger partial charge is 0.485 e. The van der Waals surface area contributed by atoms with Gasteiger partial charge in [-0.05, 0) is 19.9 Å². The van der Waals surface area contributed by atoms with Crippen molar-refractivity contribution in [3.63, 3.8) is 0 Å². The number of hydrogen-bond acceptors (Lipinski definition) is 4. The van der Waals surface area contributed by atoms with E-state index in [0.29, 0.717) is 12.4 Å². The molecule has 0 radical (unpaired) electrons. The van der Waals surface area contributed by atoms with Crippen LogP contribution in [0.25, 0.3) is 6.08 Å². The number of carbonyl (C=O) groups excluding carboxylic acids is 2. The lowest BCUT2D eigenvalue weighted by atomic mass is 10.2. The van der Waals surface area contributed by atoms with Crippen LogP contribution in [0.2, 0.25) is 0 Å². The van der Waals surface area contributed by atoms with E-state index in [9.17, 15) is 9.59 Å². The minimum Gasteiger partial charge on any atom is -0.485 e. The summed E-state index contributed by atoms with van der Waals surface area (Å²) in [7, 11) is 0. The second kappa shape index (κ2) is 8.91. The molecule has 20 heavy (non-hydrogen) atoms. The van der Waals surface area contributed by atoms with Gasteiger partial charge in [0, 0.05) is 12.0 Å². The van der Waals surface area contributed by atoms with Crippen LogP contribution in [0, 0.1) is 0 Å². The number of rotatable bonds is 8. The van der Waals surface area contributed by atoms with Gasteiger partial charge in [-0.25, -0.2) is 0 Å². The molecule has 0 spiro atoms. The lowest BCUT2D eigenvalue weighted by Gasteiger charge is -2.08. The molecule has 0 unspecified atom stereocenters. The van der Waals surface area contributed by atoms with Gasteiger partial charge in [0.05, 0.1) is 13.0 Å². The van der Waals surface area contributed by atoms with Crippen molar-refractivity contribution in [2.75, 3.05) is 13.2 Å². The van der Waals surface area contributed by atoms with Crippen LogP contribution in [0.15, 0.2) is 30.3 Å². The standard InChI is InChI=1S/C16H20O4/c1-3-7-13-8-5-6-9-15(13)20-12-14(17)10-11-16(18)19-4-2/h3,5-9H,4,10-12H2,1-2H3/b7-3+. The average Bonchev–Trinajstić information content (AvgIpc) is 2.45. The molecular formula is C16H20O4. The molecular weight excluding hydrogens is 256 g/mol. The molecule has 4 nitrogen and oxygen atoms in total. The predicted octanol–water partition coefficient (Wildman–Crippen LogP) is 3.01. The molecule has 1 aromatic rings. The van der Waals surface area contributed by atoms with Gasteiger partial charge in [-0.15, -0.1) is 0 Å². The van der Waals surface area contributed by atoms with Crippen LogP contribution in [0.1, 0.15) is 32.3 Å². The molecule has 0 amide bonds. The Labute approximate surface area is 119 Å². The summed E-state index contributed by atoms with van der Waals surface area (Å²) in [6.45, 7) is 3.95. The Morgan fingerprint density at radius 1 is 1.20 bits per heavy atom. The average molecular weight is 276 g/mol. The smallest absolute Gasteiger partial charge is 0.306 e. The zero-order valence-electron chi connectivity index (χ0n) is 11.9. The number of ether oxygens (including phenoxy) is 2. The van der Waals surface area contributed by atoms with Crippen molar-refractivity contribution in [1.82, 2.24) is 0 Å². The third-order valence-corrected chi connectivity index (χ3v) is 2.57. The van der Waals surface area contributed by atoms with E-state index >= 15 is 0 Å². The van der Waals surface area contributed by atoms with Crippen LogP contribution in [-0.2, 0) is 14.3 Å². The van der Waals surface area contributed by atoms with Gasteiger partial charge in [0.15, 0.2) is 5.78 Å². The third kappa shape index (κ3) is 5.69. The Morgan fingerprint density at radius 2 is 1.95 bits per heavy atom. The number of para-hydroxylation sites is 1. The molecule has 0 N–H and O–H groups in total. The van der Waals surface area contributed by atoms with Crippen molar-refractivity contribution in [2.45, 2.75) is 26.7 Å². The van der Waals surface area contributed by atoms with Gasteiger partial charge < -0.3 is 9.47 Å². The number of Topliss-reactive ketones (excluding diaryl/α,β-unsaturated/α-hetero) is 1. The highest BCUT2D eigenvalue weighted by molar-refractivity contribution is 5.84. The van der Waals surface area contributed by atoms with Crippen LogP contribution in [0.5, 0.6) is 5.75 Å². The Hall–Kier alpha value is -2.10. The minimum absolute atomic E-state index is 0.0338. The maximum absolute atomic E-state index is 11.6.